The molecule has 6 heteroatoms. The van der Waals surface area contributed by atoms with E-state index in [4.69, 9.17) is 9.47 Å². The van der Waals surface area contributed by atoms with Gasteiger partial charge in [-0.05, 0) is 97.4 Å². The molecule has 3 aliphatic rings. The van der Waals surface area contributed by atoms with Crippen LogP contribution in [0.5, 0.6) is 11.6 Å². The molecule has 0 N–H and O–H groups in total. The standard InChI is InChI=1S/C29H31NO4S.C2H6/c1-18-20(17-33-24-6-7-27-21(15-24)14-22-16-28(22)27)4-3-5-25(18)26-8-9-29(30-19(26)2)34-23-10-12-35(31,32)13-11-23;1-2/h3-9,15,22-23,28H,10-14,16-17H2,1-2H3;1-2H3. The van der Waals surface area contributed by atoms with Crippen LogP contribution in [0.3, 0.4) is 0 Å². The zero-order valence-corrected chi connectivity index (χ0v) is 23.1. The number of hydrogen-bond acceptors (Lipinski definition) is 5. The Morgan fingerprint density at radius 1 is 0.973 bits per heavy atom. The third-order valence-electron chi connectivity index (χ3n) is 7.90. The van der Waals surface area contributed by atoms with Crippen LogP contribution in [0.2, 0.25) is 0 Å². The van der Waals surface area contributed by atoms with E-state index in [1.165, 1.54) is 29.5 Å². The Balaban J connectivity index is 0.00000137. The van der Waals surface area contributed by atoms with Gasteiger partial charge in [0.15, 0.2) is 9.84 Å². The van der Waals surface area contributed by atoms with Gasteiger partial charge < -0.3 is 9.47 Å². The average Bonchev–Trinajstić information content (AvgIpc) is 3.57. The smallest absolute Gasteiger partial charge is 0.213 e. The number of benzene rings is 2. The molecule has 2 atom stereocenters. The van der Waals surface area contributed by atoms with Gasteiger partial charge in [0.1, 0.15) is 18.5 Å². The van der Waals surface area contributed by atoms with E-state index in [2.05, 4.69) is 54.4 Å². The minimum Gasteiger partial charge on any atom is -0.489 e. The SMILES string of the molecule is CC.Cc1nc(OC2CCS(=O)(=O)CC2)ccc1-c1cccc(COc2ccc3c(c2)CC2CC32)c1C. The van der Waals surface area contributed by atoms with Gasteiger partial charge >= 0.3 is 0 Å². The van der Waals surface area contributed by atoms with E-state index < -0.39 is 9.84 Å². The molecule has 2 aromatic carbocycles. The highest BCUT2D eigenvalue weighted by atomic mass is 32.2. The lowest BCUT2D eigenvalue weighted by atomic mass is 9.96. The number of ether oxygens (including phenoxy) is 2. The van der Waals surface area contributed by atoms with Crippen LogP contribution in [0.4, 0.5) is 0 Å². The molecule has 0 bridgehead atoms. The Morgan fingerprint density at radius 2 is 1.76 bits per heavy atom. The summed E-state index contributed by atoms with van der Waals surface area (Å²) in [4.78, 5) is 4.68. The highest BCUT2D eigenvalue weighted by Gasteiger charge is 2.44. The molecule has 5 nitrogen and oxygen atoms in total. The molecule has 1 saturated carbocycles. The molecule has 196 valence electrons. The molecule has 2 aliphatic carbocycles. The van der Waals surface area contributed by atoms with Crippen LogP contribution < -0.4 is 9.47 Å². The Bertz CT molecular complexity index is 1380. The molecule has 3 aromatic rings. The zero-order valence-electron chi connectivity index (χ0n) is 22.3. The quantitative estimate of drug-likeness (QED) is 0.368. The van der Waals surface area contributed by atoms with Gasteiger partial charge in [-0.15, -0.1) is 0 Å². The summed E-state index contributed by atoms with van der Waals surface area (Å²) >= 11 is 0. The van der Waals surface area contributed by atoms with Gasteiger partial charge in [0.25, 0.3) is 0 Å². The summed E-state index contributed by atoms with van der Waals surface area (Å²) in [6, 6.07) is 16.9. The number of nitrogens with zero attached hydrogens (tertiary/aromatic N) is 1. The first kappa shape index (κ1) is 25.8. The molecule has 2 fully saturated rings. The van der Waals surface area contributed by atoms with Crippen molar-refractivity contribution in [2.45, 2.75) is 72.0 Å². The van der Waals surface area contributed by atoms with Crippen molar-refractivity contribution in [3.05, 3.63) is 76.5 Å². The van der Waals surface area contributed by atoms with Gasteiger partial charge in [-0.1, -0.05) is 38.1 Å². The van der Waals surface area contributed by atoms with E-state index in [0.717, 1.165) is 40.0 Å². The van der Waals surface area contributed by atoms with Crippen LogP contribution in [0.15, 0.2) is 48.5 Å². The van der Waals surface area contributed by atoms with Crippen LogP contribution >= 0.6 is 0 Å². The van der Waals surface area contributed by atoms with Crippen LogP contribution in [-0.4, -0.2) is 31.0 Å². The summed E-state index contributed by atoms with van der Waals surface area (Å²) in [5.74, 6) is 3.58. The number of pyridine rings is 1. The zero-order chi connectivity index (χ0) is 26.2. The monoisotopic (exact) mass is 519 g/mol. The number of rotatable bonds is 6. The highest BCUT2D eigenvalue weighted by Crippen LogP contribution is 2.56. The third-order valence-corrected chi connectivity index (χ3v) is 9.61. The van der Waals surface area contributed by atoms with E-state index in [-0.39, 0.29) is 17.6 Å². The topological polar surface area (TPSA) is 65.5 Å². The maximum atomic E-state index is 11.7. The van der Waals surface area contributed by atoms with Crippen LogP contribution in [0.25, 0.3) is 11.1 Å². The van der Waals surface area contributed by atoms with E-state index in [1.54, 1.807) is 0 Å². The van der Waals surface area contributed by atoms with Gasteiger partial charge in [-0.3, -0.25) is 0 Å². The van der Waals surface area contributed by atoms with Gasteiger partial charge in [0.2, 0.25) is 5.88 Å². The first-order valence-electron chi connectivity index (χ1n) is 13.6. The normalized spacial score (nSPS) is 21.3. The fourth-order valence-electron chi connectivity index (χ4n) is 5.69. The van der Waals surface area contributed by atoms with Crippen molar-refractivity contribution in [3.8, 4) is 22.8 Å². The van der Waals surface area contributed by atoms with E-state index in [1.807, 2.05) is 26.8 Å². The number of sulfone groups is 1. The average molecular weight is 520 g/mol. The lowest BCUT2D eigenvalue weighted by molar-refractivity contribution is 0.181. The Labute approximate surface area is 221 Å². The molecule has 0 spiro atoms. The van der Waals surface area contributed by atoms with Crippen molar-refractivity contribution in [2.75, 3.05) is 11.5 Å². The highest BCUT2D eigenvalue weighted by molar-refractivity contribution is 7.91. The van der Waals surface area contributed by atoms with Crippen LogP contribution in [0.1, 0.15) is 67.0 Å². The predicted molar refractivity (Wildman–Crippen MR) is 148 cm³/mol. The van der Waals surface area contributed by atoms with Crippen molar-refractivity contribution >= 4 is 9.84 Å². The van der Waals surface area contributed by atoms with Crippen LogP contribution in [-0.2, 0) is 22.9 Å². The van der Waals surface area contributed by atoms with E-state index >= 15 is 0 Å². The number of aryl methyl sites for hydroxylation is 1. The van der Waals surface area contributed by atoms with E-state index in [9.17, 15) is 8.42 Å². The molecule has 2 unspecified atom stereocenters. The largest absolute Gasteiger partial charge is 0.489 e. The van der Waals surface area contributed by atoms with Crippen LogP contribution in [0, 0.1) is 19.8 Å². The van der Waals surface area contributed by atoms with Crippen molar-refractivity contribution in [1.29, 1.82) is 0 Å². The fourth-order valence-corrected chi connectivity index (χ4v) is 7.13. The maximum absolute atomic E-state index is 11.7. The molecule has 2 heterocycles. The molecular formula is C31H37NO4S. The fraction of sp³-hybridized carbons (Fsp3) is 0.452. The Kier molecular flexibility index (Phi) is 7.30. The Hall–Kier alpha value is -2.86. The second kappa shape index (κ2) is 10.5. The lowest BCUT2D eigenvalue weighted by Crippen LogP contribution is -2.30. The lowest BCUT2D eigenvalue weighted by Gasteiger charge is -2.23. The molecule has 0 amide bonds. The molecule has 1 aromatic heterocycles. The molecular weight excluding hydrogens is 482 g/mol. The molecule has 37 heavy (non-hydrogen) atoms. The summed E-state index contributed by atoms with van der Waals surface area (Å²) in [6.45, 7) is 8.66. The van der Waals surface area contributed by atoms with E-state index in [0.29, 0.717) is 25.3 Å². The molecule has 0 radical (unpaired) electrons. The number of hydrogen-bond donors (Lipinski definition) is 0. The molecule has 1 saturated heterocycles. The van der Waals surface area contributed by atoms with Crippen molar-refractivity contribution in [2.24, 2.45) is 5.92 Å². The number of aromatic nitrogens is 1. The maximum Gasteiger partial charge on any atom is 0.213 e. The summed E-state index contributed by atoms with van der Waals surface area (Å²) < 4.78 is 35.6. The molecule has 6 rings (SSSR count). The van der Waals surface area contributed by atoms with Gasteiger partial charge in [-0.2, -0.15) is 0 Å². The minimum absolute atomic E-state index is 0.0940. The predicted octanol–water partition coefficient (Wildman–Crippen LogP) is 6.59. The van der Waals surface area contributed by atoms with Gasteiger partial charge in [0.05, 0.1) is 11.5 Å². The number of fused-ring (bicyclic) bond motifs is 3. The second-order valence-electron chi connectivity index (χ2n) is 10.3. The Morgan fingerprint density at radius 3 is 2.51 bits per heavy atom. The summed E-state index contributed by atoms with van der Waals surface area (Å²) in [7, 11) is -2.90. The second-order valence-corrected chi connectivity index (χ2v) is 12.6. The summed E-state index contributed by atoms with van der Waals surface area (Å²) in [5, 5.41) is 0. The summed E-state index contributed by atoms with van der Waals surface area (Å²) in [5.41, 5.74) is 8.45. The third kappa shape index (κ3) is 5.54. The first-order valence-corrected chi connectivity index (χ1v) is 15.4. The van der Waals surface area contributed by atoms with Crippen molar-refractivity contribution < 1.29 is 17.9 Å². The van der Waals surface area contributed by atoms with Gasteiger partial charge in [0, 0.05) is 17.3 Å². The molecule has 1 aliphatic heterocycles. The minimum atomic E-state index is -2.90. The van der Waals surface area contributed by atoms with Crippen molar-refractivity contribution in [3.63, 3.8) is 0 Å². The van der Waals surface area contributed by atoms with Crippen molar-refractivity contribution in [1.82, 2.24) is 4.98 Å². The first-order chi connectivity index (χ1) is 17.9. The summed E-state index contributed by atoms with van der Waals surface area (Å²) in [6.07, 6.45) is 3.53. The van der Waals surface area contributed by atoms with Gasteiger partial charge in [-0.25, -0.2) is 13.4 Å².